The van der Waals surface area contributed by atoms with Crippen LogP contribution >= 0.6 is 23.4 Å². The fraction of sp³-hybridized carbons (Fsp3) is 0.348. The minimum Gasteiger partial charge on any atom is -0.355 e. The predicted molar refractivity (Wildman–Crippen MR) is 128 cm³/mol. The summed E-state index contributed by atoms with van der Waals surface area (Å²) in [6, 6.07) is 2.14. The van der Waals surface area contributed by atoms with E-state index in [4.69, 9.17) is 22.3 Å². The Morgan fingerprint density at radius 2 is 2.06 bits per heavy atom. The van der Waals surface area contributed by atoms with Crippen LogP contribution in [0, 0.1) is 18.8 Å². The van der Waals surface area contributed by atoms with Crippen LogP contribution in [0.1, 0.15) is 17.0 Å². The third kappa shape index (κ3) is 4.42. The van der Waals surface area contributed by atoms with Crippen molar-refractivity contribution in [2.75, 3.05) is 18.0 Å². The van der Waals surface area contributed by atoms with Crippen molar-refractivity contribution in [1.82, 2.24) is 19.9 Å². The van der Waals surface area contributed by atoms with Gasteiger partial charge in [0.05, 0.1) is 22.5 Å². The van der Waals surface area contributed by atoms with E-state index in [2.05, 4.69) is 26.4 Å². The van der Waals surface area contributed by atoms with Gasteiger partial charge in [0.1, 0.15) is 11.5 Å². The zero-order chi connectivity index (χ0) is 24.2. The highest BCUT2D eigenvalue weighted by atomic mass is 35.5. The Balaban J connectivity index is 1.53. The van der Waals surface area contributed by atoms with Crippen LogP contribution in [-0.4, -0.2) is 45.2 Å². The van der Waals surface area contributed by atoms with Gasteiger partial charge >= 0.3 is 6.18 Å². The lowest BCUT2D eigenvalue weighted by Gasteiger charge is -2.21. The molecule has 1 saturated heterocycles. The van der Waals surface area contributed by atoms with Gasteiger partial charge in [-0.15, -0.1) is 0 Å². The molecule has 0 aromatic carbocycles. The van der Waals surface area contributed by atoms with Gasteiger partial charge in [-0.3, -0.25) is 4.98 Å². The number of aryl methyl sites for hydroxylation is 1. The van der Waals surface area contributed by atoms with Crippen LogP contribution in [0.3, 0.4) is 0 Å². The molecule has 3 N–H and O–H groups in total. The van der Waals surface area contributed by atoms with Gasteiger partial charge in [-0.05, 0) is 48.2 Å². The summed E-state index contributed by atoms with van der Waals surface area (Å²) in [6.45, 7) is 7.01. The number of H-pyrrole nitrogens is 1. The second-order valence-electron chi connectivity index (χ2n) is 8.64. The van der Waals surface area contributed by atoms with Gasteiger partial charge in [-0.2, -0.15) is 13.2 Å². The molecule has 3 aromatic heterocycles. The first-order valence-corrected chi connectivity index (χ1v) is 11.9. The van der Waals surface area contributed by atoms with E-state index in [1.807, 2.05) is 25.1 Å². The Hall–Kier alpha value is -2.56. The average molecular weight is 507 g/mol. The van der Waals surface area contributed by atoms with Crippen molar-refractivity contribution in [1.29, 1.82) is 0 Å². The number of hydrogen-bond donors (Lipinski definition) is 2. The summed E-state index contributed by atoms with van der Waals surface area (Å²) in [5, 5.41) is 0.832. The first-order valence-electron chi connectivity index (χ1n) is 10.7. The van der Waals surface area contributed by atoms with Gasteiger partial charge in [0, 0.05) is 35.9 Å². The van der Waals surface area contributed by atoms with Gasteiger partial charge in [0.25, 0.3) is 0 Å². The molecule has 1 aliphatic heterocycles. The first kappa shape index (κ1) is 23.2. The van der Waals surface area contributed by atoms with Crippen molar-refractivity contribution >= 4 is 46.3 Å². The number of anilines is 1. The maximum absolute atomic E-state index is 13.1. The number of hydrogen-bond acceptors (Lipinski definition) is 6. The van der Waals surface area contributed by atoms with E-state index in [9.17, 15) is 13.2 Å². The molecule has 5 rings (SSSR count). The van der Waals surface area contributed by atoms with Crippen LogP contribution in [0.4, 0.5) is 19.0 Å². The lowest BCUT2D eigenvalue weighted by Crippen LogP contribution is -2.29. The number of alkyl halides is 3. The van der Waals surface area contributed by atoms with Crippen molar-refractivity contribution in [3.8, 4) is 0 Å². The van der Waals surface area contributed by atoms with Crippen LogP contribution < -0.4 is 10.6 Å². The van der Waals surface area contributed by atoms with Crippen LogP contribution in [0.25, 0.3) is 17.1 Å². The Bertz CT molecular complexity index is 1290. The smallest absolute Gasteiger partial charge is 0.355 e. The van der Waals surface area contributed by atoms with Crippen LogP contribution in [-0.2, 0) is 6.42 Å². The fourth-order valence-corrected chi connectivity index (χ4v) is 5.58. The zero-order valence-corrected chi connectivity index (χ0v) is 19.8. The summed E-state index contributed by atoms with van der Waals surface area (Å²) in [4.78, 5) is 19.3. The first-order chi connectivity index (χ1) is 16.1. The van der Waals surface area contributed by atoms with E-state index in [0.29, 0.717) is 41.3 Å². The SMILES string of the molecule is C=C/C=C\c1ncc(Sc2nc(N3CC4C(N)C4C3)c3c(Cl)c(CC(F)(F)F)[nH]c3n2)cc1C. The van der Waals surface area contributed by atoms with E-state index in [0.717, 1.165) is 16.2 Å². The minimum absolute atomic E-state index is 0.0135. The molecule has 0 amide bonds. The summed E-state index contributed by atoms with van der Waals surface area (Å²) in [7, 11) is 0. The maximum atomic E-state index is 13.1. The molecule has 2 atom stereocenters. The quantitative estimate of drug-likeness (QED) is 0.355. The predicted octanol–water partition coefficient (Wildman–Crippen LogP) is 5.16. The van der Waals surface area contributed by atoms with Gasteiger partial charge in [-0.1, -0.05) is 30.3 Å². The molecular formula is C23H22ClF3N6S. The number of piperidine rings is 1. The summed E-state index contributed by atoms with van der Waals surface area (Å²) < 4.78 is 39.3. The summed E-state index contributed by atoms with van der Waals surface area (Å²) in [6.07, 6.45) is 1.51. The number of rotatable bonds is 6. The molecule has 0 bridgehead atoms. The molecule has 0 radical (unpaired) electrons. The van der Waals surface area contributed by atoms with Crippen LogP contribution in [0.15, 0.2) is 41.0 Å². The lowest BCUT2D eigenvalue weighted by atomic mass is 10.2. The highest BCUT2D eigenvalue weighted by molar-refractivity contribution is 7.99. The summed E-state index contributed by atoms with van der Waals surface area (Å²) in [5.74, 6) is 1.28. The molecule has 6 nitrogen and oxygen atoms in total. The number of nitrogens with one attached hydrogen (secondary N) is 1. The molecule has 0 spiro atoms. The second kappa shape index (κ2) is 8.58. The van der Waals surface area contributed by atoms with Gasteiger partial charge < -0.3 is 15.6 Å². The highest BCUT2D eigenvalue weighted by Gasteiger charge is 2.54. The third-order valence-corrected chi connectivity index (χ3v) is 7.49. The summed E-state index contributed by atoms with van der Waals surface area (Å²) >= 11 is 7.72. The molecule has 4 heterocycles. The van der Waals surface area contributed by atoms with Crippen molar-refractivity contribution in [2.24, 2.45) is 17.6 Å². The van der Waals surface area contributed by atoms with Gasteiger partial charge in [0.15, 0.2) is 5.16 Å². The van der Waals surface area contributed by atoms with Crippen molar-refractivity contribution in [3.63, 3.8) is 0 Å². The Morgan fingerprint density at radius 3 is 2.71 bits per heavy atom. The Kier molecular flexibility index (Phi) is 5.86. The highest BCUT2D eigenvalue weighted by Crippen LogP contribution is 2.47. The normalized spacial score (nSPS) is 22.1. The minimum atomic E-state index is -4.40. The van der Waals surface area contributed by atoms with Gasteiger partial charge in [0.2, 0.25) is 0 Å². The van der Waals surface area contributed by atoms with E-state index < -0.39 is 12.6 Å². The third-order valence-electron chi connectivity index (χ3n) is 6.25. The standard InChI is InChI=1S/C23H22ClF3N6S/c1-3-4-5-15-11(2)6-12(8-29-15)34-22-31-20-17(18(24)16(30-20)7-23(25,26)27)21(32-22)33-9-13-14(10-33)19(13)28/h3-6,8,13-14,19H,1,7,9-10,28H2,2H3,(H,30,31,32)/b5-4-. The van der Waals surface area contributed by atoms with Crippen LogP contribution in [0.5, 0.6) is 0 Å². The van der Waals surface area contributed by atoms with E-state index >= 15 is 0 Å². The van der Waals surface area contributed by atoms with E-state index in [1.165, 1.54) is 11.8 Å². The number of nitrogens with zero attached hydrogens (tertiary/aromatic N) is 4. The lowest BCUT2D eigenvalue weighted by molar-refractivity contribution is -0.127. The molecule has 178 valence electrons. The molecule has 3 aromatic rings. The number of pyridine rings is 1. The number of halogens is 4. The number of aromatic nitrogens is 4. The van der Waals surface area contributed by atoms with Crippen molar-refractivity contribution < 1.29 is 13.2 Å². The fourth-order valence-electron chi connectivity index (χ4n) is 4.47. The molecule has 2 unspecified atom stereocenters. The number of aromatic amines is 1. The average Bonchev–Trinajstić information content (AvgIpc) is 3.09. The maximum Gasteiger partial charge on any atom is 0.394 e. The molecule has 2 aliphatic rings. The molecule has 11 heteroatoms. The Labute approximate surface area is 203 Å². The number of allylic oxidation sites excluding steroid dienone is 2. The van der Waals surface area contributed by atoms with Crippen LogP contribution in [0.2, 0.25) is 5.02 Å². The largest absolute Gasteiger partial charge is 0.394 e. The van der Waals surface area contributed by atoms with Gasteiger partial charge in [-0.25, -0.2) is 9.97 Å². The molecule has 1 aliphatic carbocycles. The van der Waals surface area contributed by atoms with E-state index in [-0.39, 0.29) is 22.4 Å². The van der Waals surface area contributed by atoms with Crippen molar-refractivity contribution in [3.05, 3.63) is 53.0 Å². The molecular weight excluding hydrogens is 485 g/mol. The molecule has 2 fully saturated rings. The van der Waals surface area contributed by atoms with E-state index in [1.54, 1.807) is 12.3 Å². The molecule has 34 heavy (non-hydrogen) atoms. The zero-order valence-electron chi connectivity index (χ0n) is 18.2. The number of nitrogens with two attached hydrogens (primary N) is 1. The second-order valence-corrected chi connectivity index (χ2v) is 10.1. The van der Waals surface area contributed by atoms with Crippen molar-refractivity contribution in [2.45, 2.75) is 35.6 Å². The Morgan fingerprint density at radius 1 is 1.32 bits per heavy atom. The monoisotopic (exact) mass is 506 g/mol. The number of fused-ring (bicyclic) bond motifs is 2. The summed E-state index contributed by atoms with van der Waals surface area (Å²) in [5.41, 5.74) is 8.04. The topological polar surface area (TPSA) is 83.7 Å². The molecule has 1 saturated carbocycles.